The summed E-state index contributed by atoms with van der Waals surface area (Å²) in [5.74, 6) is -1.14. The number of halogens is 2. The summed E-state index contributed by atoms with van der Waals surface area (Å²) < 4.78 is 16.4. The van der Waals surface area contributed by atoms with Gasteiger partial charge in [-0.05, 0) is 67.6 Å². The van der Waals surface area contributed by atoms with Crippen LogP contribution in [0, 0.1) is 11.2 Å². The van der Waals surface area contributed by atoms with Gasteiger partial charge >= 0.3 is 5.69 Å². The lowest BCUT2D eigenvalue weighted by molar-refractivity contribution is -0.122. The lowest BCUT2D eigenvalue weighted by Gasteiger charge is -2.14. The van der Waals surface area contributed by atoms with Crippen LogP contribution in [-0.2, 0) is 11.2 Å². The Morgan fingerprint density at radius 1 is 1.17 bits per heavy atom. The highest BCUT2D eigenvalue weighted by Crippen LogP contribution is 2.31. The summed E-state index contributed by atoms with van der Waals surface area (Å²) in [7, 11) is 0. The lowest BCUT2D eigenvalue weighted by atomic mass is 10.0. The number of nitrogens with one attached hydrogen (secondary N) is 4. The molecule has 0 radical (unpaired) electrons. The van der Waals surface area contributed by atoms with Crippen molar-refractivity contribution in [3.8, 4) is 16.9 Å². The summed E-state index contributed by atoms with van der Waals surface area (Å²) in [6.07, 6.45) is 4.00. The first kappa shape index (κ1) is 29.7. The van der Waals surface area contributed by atoms with E-state index < -0.39 is 23.5 Å². The zero-order valence-corrected chi connectivity index (χ0v) is 23.3. The van der Waals surface area contributed by atoms with Crippen molar-refractivity contribution in [2.45, 2.75) is 38.3 Å². The second-order valence-electron chi connectivity index (χ2n) is 9.89. The molecule has 4 rings (SSSR count). The molecule has 10 N–H and O–H groups in total. The van der Waals surface area contributed by atoms with Crippen molar-refractivity contribution in [3.05, 3.63) is 81.1 Å². The largest absolute Gasteiger partial charge is 0.370 e. The van der Waals surface area contributed by atoms with Gasteiger partial charge in [-0.3, -0.25) is 14.8 Å². The molecule has 216 valence electrons. The number of aromatic amines is 1. The average Bonchev–Trinajstić information content (AvgIpc) is 3.34. The maximum Gasteiger partial charge on any atom is 0.354 e. The molecule has 0 saturated carbocycles. The van der Waals surface area contributed by atoms with Gasteiger partial charge in [0.2, 0.25) is 5.91 Å². The van der Waals surface area contributed by atoms with Crippen LogP contribution in [0.5, 0.6) is 0 Å². The fourth-order valence-corrected chi connectivity index (χ4v) is 4.67. The number of carbonyl (C=O) groups is 1. The number of guanidine groups is 1. The number of hydrogen-bond acceptors (Lipinski definition) is 6. The van der Waals surface area contributed by atoms with E-state index in [0.717, 1.165) is 18.4 Å². The molecular formula is C28H33ClFN9O2. The number of nitrogens with zero attached hydrogens (tertiary/aromatic N) is 2. The predicted octanol–water partition coefficient (Wildman–Crippen LogP) is 2.44. The van der Waals surface area contributed by atoms with Gasteiger partial charge in [-0.25, -0.2) is 9.18 Å². The standard InChI is InChI=1S/C28H33ClFN9O2/c1-15(31)3-2-4-16-11-20(23(30)21(29)12-16)22-13-18-14-39(28(41)38-25(18)37-22)19-7-5-17(6-8-19)24(32)26(40)35-9-10-36-27(33)34/h5-8,11-15,24H,2-4,9-10,31-32H2,1H3,(H,35,40)(H4,33,34,36)(H,37,38,41)/t15-,24-/m0/s1. The summed E-state index contributed by atoms with van der Waals surface area (Å²) in [5.41, 5.74) is 19.6. The minimum atomic E-state index is -0.929. The molecule has 0 fully saturated rings. The Morgan fingerprint density at radius 3 is 2.56 bits per heavy atom. The van der Waals surface area contributed by atoms with Crippen molar-refractivity contribution in [2.75, 3.05) is 13.1 Å². The van der Waals surface area contributed by atoms with Crippen LogP contribution < -0.4 is 33.5 Å². The minimum absolute atomic E-state index is 0.0178. The Bertz CT molecular complexity index is 1620. The number of H-pyrrole nitrogens is 1. The smallest absolute Gasteiger partial charge is 0.354 e. The number of amides is 1. The van der Waals surface area contributed by atoms with Crippen molar-refractivity contribution in [3.63, 3.8) is 0 Å². The Labute approximate surface area is 240 Å². The molecule has 2 atom stereocenters. The number of aromatic nitrogens is 3. The Hall–Kier alpha value is -4.26. The van der Waals surface area contributed by atoms with Gasteiger partial charge in [0.15, 0.2) is 11.8 Å². The molecule has 1 amide bonds. The number of rotatable bonds is 11. The first-order valence-corrected chi connectivity index (χ1v) is 13.5. The summed E-state index contributed by atoms with van der Waals surface area (Å²) in [5, 5.41) is 13.0. The van der Waals surface area contributed by atoms with E-state index in [1.54, 1.807) is 48.7 Å². The zero-order valence-electron chi connectivity index (χ0n) is 22.5. The lowest BCUT2D eigenvalue weighted by Crippen LogP contribution is -2.40. The molecule has 4 aromatic rings. The summed E-state index contributed by atoms with van der Waals surface area (Å²) in [4.78, 5) is 32.4. The van der Waals surface area contributed by atoms with Gasteiger partial charge in [0, 0.05) is 36.3 Å². The molecule has 0 spiro atoms. The van der Waals surface area contributed by atoms with Crippen molar-refractivity contribution in [1.82, 2.24) is 25.2 Å². The van der Waals surface area contributed by atoms with E-state index in [1.807, 2.05) is 6.92 Å². The normalized spacial score (nSPS) is 12.7. The Morgan fingerprint density at radius 2 is 1.88 bits per heavy atom. The fraction of sp³-hybridized carbons (Fsp3) is 0.286. The van der Waals surface area contributed by atoms with Crippen molar-refractivity contribution in [1.29, 1.82) is 5.41 Å². The second kappa shape index (κ2) is 12.9. The van der Waals surface area contributed by atoms with Crippen LogP contribution in [0.2, 0.25) is 5.02 Å². The maximum atomic E-state index is 15.0. The molecule has 0 unspecified atom stereocenters. The topological polar surface area (TPSA) is 194 Å². The van der Waals surface area contributed by atoms with Crippen LogP contribution in [0.3, 0.4) is 0 Å². The van der Waals surface area contributed by atoms with E-state index in [0.29, 0.717) is 46.5 Å². The van der Waals surface area contributed by atoms with Crippen LogP contribution >= 0.6 is 11.6 Å². The summed E-state index contributed by atoms with van der Waals surface area (Å²) in [6, 6.07) is 10.9. The van der Waals surface area contributed by atoms with Crippen LogP contribution in [-0.4, -0.2) is 45.5 Å². The fourth-order valence-electron chi connectivity index (χ4n) is 4.42. The summed E-state index contributed by atoms with van der Waals surface area (Å²) in [6.45, 7) is 2.49. The van der Waals surface area contributed by atoms with E-state index in [4.69, 9.17) is 34.2 Å². The first-order chi connectivity index (χ1) is 19.5. The van der Waals surface area contributed by atoms with Crippen LogP contribution in [0.15, 0.2) is 53.5 Å². The van der Waals surface area contributed by atoms with Gasteiger partial charge in [-0.15, -0.1) is 0 Å². The SMILES string of the molecule is C[C@H](N)CCCc1cc(Cl)c(F)c(-c2cc3cn(-c4ccc([C@H](N)C(=O)NCCNC(=N)N)cc4)c(=O)nc3[nH]2)c1. The number of hydrogen-bond donors (Lipinski definition) is 7. The van der Waals surface area contributed by atoms with Gasteiger partial charge in [0.25, 0.3) is 0 Å². The molecule has 2 heterocycles. The average molecular weight is 582 g/mol. The molecule has 41 heavy (non-hydrogen) atoms. The van der Waals surface area contributed by atoms with Crippen molar-refractivity contribution >= 4 is 34.5 Å². The van der Waals surface area contributed by atoms with E-state index in [2.05, 4.69) is 20.6 Å². The highest BCUT2D eigenvalue weighted by atomic mass is 35.5. The molecular weight excluding hydrogens is 549 g/mol. The highest BCUT2D eigenvalue weighted by Gasteiger charge is 2.17. The van der Waals surface area contributed by atoms with Crippen LogP contribution in [0.4, 0.5) is 4.39 Å². The number of nitrogens with two attached hydrogens (primary N) is 3. The van der Waals surface area contributed by atoms with Gasteiger partial charge in [0.05, 0.1) is 16.4 Å². The number of carbonyl (C=O) groups excluding carboxylic acids is 1. The van der Waals surface area contributed by atoms with Gasteiger partial charge in [-0.2, -0.15) is 4.98 Å². The first-order valence-electron chi connectivity index (χ1n) is 13.1. The Balaban J connectivity index is 1.55. The zero-order chi connectivity index (χ0) is 29.7. The highest BCUT2D eigenvalue weighted by molar-refractivity contribution is 6.31. The number of aryl methyl sites for hydroxylation is 1. The quantitative estimate of drug-likeness (QED) is 0.0802. The minimum Gasteiger partial charge on any atom is -0.370 e. The van der Waals surface area contributed by atoms with Gasteiger partial charge < -0.3 is 32.8 Å². The molecule has 2 aromatic heterocycles. The van der Waals surface area contributed by atoms with E-state index >= 15 is 4.39 Å². The van der Waals surface area contributed by atoms with E-state index in [1.165, 1.54) is 4.57 Å². The monoisotopic (exact) mass is 581 g/mol. The van der Waals surface area contributed by atoms with Gasteiger partial charge in [-0.1, -0.05) is 23.7 Å². The molecule has 13 heteroatoms. The molecule has 0 saturated heterocycles. The van der Waals surface area contributed by atoms with Crippen molar-refractivity contribution < 1.29 is 9.18 Å². The molecule has 0 aliphatic rings. The molecule has 2 aromatic carbocycles. The van der Waals surface area contributed by atoms with E-state index in [-0.39, 0.29) is 23.6 Å². The second-order valence-corrected chi connectivity index (χ2v) is 10.3. The molecule has 0 bridgehead atoms. The van der Waals surface area contributed by atoms with Crippen molar-refractivity contribution in [2.24, 2.45) is 17.2 Å². The maximum absolute atomic E-state index is 15.0. The van der Waals surface area contributed by atoms with Gasteiger partial charge in [0.1, 0.15) is 11.7 Å². The molecule has 11 nitrogen and oxygen atoms in total. The number of benzene rings is 2. The number of fused-ring (bicyclic) bond motifs is 1. The third-order valence-electron chi connectivity index (χ3n) is 6.56. The van der Waals surface area contributed by atoms with E-state index in [9.17, 15) is 9.59 Å². The third-order valence-corrected chi connectivity index (χ3v) is 6.84. The molecule has 0 aliphatic heterocycles. The Kier molecular flexibility index (Phi) is 9.38. The third kappa shape index (κ3) is 7.28. The molecule has 0 aliphatic carbocycles. The predicted molar refractivity (Wildman–Crippen MR) is 159 cm³/mol. The van der Waals surface area contributed by atoms with Crippen LogP contribution in [0.1, 0.15) is 36.9 Å². The van der Waals surface area contributed by atoms with Crippen LogP contribution in [0.25, 0.3) is 28.0 Å². The summed E-state index contributed by atoms with van der Waals surface area (Å²) >= 11 is 6.20.